The molecule has 1 aromatic carbocycles. The number of benzene rings is 1. The van der Waals surface area contributed by atoms with Crippen LogP contribution < -0.4 is 0 Å². The zero-order valence-electron chi connectivity index (χ0n) is 21.2. The summed E-state index contributed by atoms with van der Waals surface area (Å²) in [5, 5.41) is 0. The van der Waals surface area contributed by atoms with Crippen LogP contribution in [0.4, 0.5) is 0 Å². The third-order valence-electron chi connectivity index (χ3n) is 7.67. The summed E-state index contributed by atoms with van der Waals surface area (Å²) in [6.45, 7) is 3.21. The monoisotopic (exact) mass is 448 g/mol. The van der Waals surface area contributed by atoms with Gasteiger partial charge in [0.2, 0.25) is 0 Å². The zero-order chi connectivity index (χ0) is 23.1. The molecule has 0 aliphatic heterocycles. The van der Waals surface area contributed by atoms with E-state index in [1.807, 2.05) is 32.4 Å². The van der Waals surface area contributed by atoms with E-state index in [0.29, 0.717) is 24.5 Å². The molecule has 32 heavy (non-hydrogen) atoms. The van der Waals surface area contributed by atoms with Crippen molar-refractivity contribution < 1.29 is 18.9 Å². The lowest BCUT2D eigenvalue weighted by molar-refractivity contribution is -0.0888. The van der Waals surface area contributed by atoms with Crippen LogP contribution in [0.15, 0.2) is 30.3 Å². The SMILES string of the molecule is COCC(COC)(C1CCCCC1)C1CCCCC1.COCC(COC)c1ccccc1. The van der Waals surface area contributed by atoms with Gasteiger partial charge in [-0.15, -0.1) is 0 Å². The summed E-state index contributed by atoms with van der Waals surface area (Å²) in [6.07, 6.45) is 14.1. The number of hydrogen-bond acceptors (Lipinski definition) is 4. The highest BCUT2D eigenvalue weighted by atomic mass is 16.5. The molecule has 1 aromatic rings. The van der Waals surface area contributed by atoms with Gasteiger partial charge in [0.1, 0.15) is 0 Å². The van der Waals surface area contributed by atoms with Crippen molar-refractivity contribution in [3.63, 3.8) is 0 Å². The maximum atomic E-state index is 5.69. The molecule has 0 aromatic heterocycles. The highest BCUT2D eigenvalue weighted by Gasteiger charge is 2.45. The fourth-order valence-electron chi connectivity index (χ4n) is 6.11. The third-order valence-corrected chi connectivity index (χ3v) is 7.67. The topological polar surface area (TPSA) is 36.9 Å². The number of hydrogen-bond donors (Lipinski definition) is 0. The maximum Gasteiger partial charge on any atom is 0.0553 e. The van der Waals surface area contributed by atoms with Crippen LogP contribution in [0.1, 0.15) is 75.7 Å². The molecule has 3 rings (SSSR count). The molecule has 0 amide bonds. The van der Waals surface area contributed by atoms with Crippen molar-refractivity contribution in [2.75, 3.05) is 54.9 Å². The summed E-state index contributed by atoms with van der Waals surface area (Å²) in [6, 6.07) is 10.3. The van der Waals surface area contributed by atoms with Crippen molar-refractivity contribution in [1.29, 1.82) is 0 Å². The molecule has 2 aliphatic rings. The largest absolute Gasteiger partial charge is 0.384 e. The number of ether oxygens (including phenoxy) is 4. The molecule has 0 radical (unpaired) electrons. The molecule has 0 unspecified atom stereocenters. The van der Waals surface area contributed by atoms with Gasteiger partial charge in [-0.3, -0.25) is 0 Å². The molecular formula is C28H48O4. The average molecular weight is 449 g/mol. The predicted octanol–water partition coefficient (Wildman–Crippen LogP) is 6.49. The van der Waals surface area contributed by atoms with E-state index in [-0.39, 0.29) is 0 Å². The Balaban J connectivity index is 0.000000244. The Morgan fingerprint density at radius 3 is 1.47 bits per heavy atom. The number of methoxy groups -OCH3 is 4. The van der Waals surface area contributed by atoms with E-state index in [0.717, 1.165) is 25.0 Å². The van der Waals surface area contributed by atoms with E-state index in [4.69, 9.17) is 18.9 Å². The molecule has 2 aliphatic carbocycles. The van der Waals surface area contributed by atoms with Crippen molar-refractivity contribution >= 4 is 0 Å². The average Bonchev–Trinajstić information content (AvgIpc) is 2.86. The fourth-order valence-corrected chi connectivity index (χ4v) is 6.11. The van der Waals surface area contributed by atoms with Crippen molar-refractivity contribution in [2.24, 2.45) is 17.3 Å². The summed E-state index contributed by atoms with van der Waals surface area (Å²) in [4.78, 5) is 0. The highest BCUT2D eigenvalue weighted by molar-refractivity contribution is 5.19. The van der Waals surface area contributed by atoms with Crippen LogP contribution in [0.5, 0.6) is 0 Å². The van der Waals surface area contributed by atoms with Crippen LogP contribution in [0, 0.1) is 17.3 Å². The van der Waals surface area contributed by atoms with Crippen LogP contribution in [-0.2, 0) is 18.9 Å². The predicted molar refractivity (Wildman–Crippen MR) is 132 cm³/mol. The lowest BCUT2D eigenvalue weighted by Gasteiger charge is -2.48. The molecule has 2 fully saturated rings. The van der Waals surface area contributed by atoms with Crippen molar-refractivity contribution in [3.8, 4) is 0 Å². The van der Waals surface area contributed by atoms with Gasteiger partial charge in [0.15, 0.2) is 0 Å². The second kappa shape index (κ2) is 15.8. The van der Waals surface area contributed by atoms with Gasteiger partial charge in [-0.05, 0) is 43.1 Å². The summed E-state index contributed by atoms with van der Waals surface area (Å²) in [5.74, 6) is 1.99. The minimum absolute atomic E-state index is 0.296. The molecular weight excluding hydrogens is 400 g/mol. The molecule has 0 atom stereocenters. The Hall–Kier alpha value is -0.940. The Kier molecular flexibility index (Phi) is 13.5. The smallest absolute Gasteiger partial charge is 0.0553 e. The van der Waals surface area contributed by atoms with Crippen LogP contribution >= 0.6 is 0 Å². The van der Waals surface area contributed by atoms with Crippen molar-refractivity contribution in [1.82, 2.24) is 0 Å². The van der Waals surface area contributed by atoms with Gasteiger partial charge in [0.05, 0.1) is 26.4 Å². The first kappa shape index (κ1) is 27.3. The first-order valence-corrected chi connectivity index (χ1v) is 12.7. The number of rotatable bonds is 11. The van der Waals surface area contributed by atoms with E-state index in [2.05, 4.69) is 12.1 Å². The van der Waals surface area contributed by atoms with E-state index in [1.54, 1.807) is 14.2 Å². The molecule has 0 bridgehead atoms. The minimum atomic E-state index is 0.296. The molecule has 184 valence electrons. The molecule has 4 heteroatoms. The second-order valence-electron chi connectivity index (χ2n) is 9.79. The molecule has 0 saturated heterocycles. The lowest BCUT2D eigenvalue weighted by Crippen LogP contribution is -2.47. The van der Waals surface area contributed by atoms with Crippen molar-refractivity contribution in [3.05, 3.63) is 35.9 Å². The van der Waals surface area contributed by atoms with Crippen LogP contribution in [0.2, 0.25) is 0 Å². The summed E-state index contributed by atoms with van der Waals surface area (Å²) >= 11 is 0. The standard InChI is InChI=1S/C17H32O2.C11H16O2/c1-18-13-17(14-19-2,15-9-5-3-6-10-15)16-11-7-4-8-12-16;1-12-8-11(9-13-2)10-6-4-3-5-7-10/h15-16H,3-14H2,1-2H3;3-7,11H,8-9H2,1-2H3. The Labute approximate surface area is 197 Å². The molecule has 2 saturated carbocycles. The van der Waals surface area contributed by atoms with E-state index in [1.165, 1.54) is 69.8 Å². The second-order valence-corrected chi connectivity index (χ2v) is 9.79. The van der Waals surface area contributed by atoms with Gasteiger partial charge in [-0.25, -0.2) is 0 Å². The van der Waals surface area contributed by atoms with Gasteiger partial charge in [-0.2, -0.15) is 0 Å². The van der Waals surface area contributed by atoms with E-state index in [9.17, 15) is 0 Å². The molecule has 0 heterocycles. The first-order valence-electron chi connectivity index (χ1n) is 12.7. The summed E-state index contributed by atoms with van der Waals surface area (Å²) < 4.78 is 21.6. The van der Waals surface area contributed by atoms with E-state index < -0.39 is 0 Å². The third kappa shape index (κ3) is 8.13. The first-order chi connectivity index (χ1) is 15.7. The highest BCUT2D eigenvalue weighted by Crippen LogP contribution is 2.49. The van der Waals surface area contributed by atoms with Gasteiger partial charge in [-0.1, -0.05) is 68.9 Å². The van der Waals surface area contributed by atoms with Gasteiger partial charge >= 0.3 is 0 Å². The Morgan fingerprint density at radius 2 is 1.09 bits per heavy atom. The van der Waals surface area contributed by atoms with Crippen LogP contribution in [0.3, 0.4) is 0 Å². The van der Waals surface area contributed by atoms with Gasteiger partial charge in [0, 0.05) is 39.8 Å². The fraction of sp³-hybridized carbons (Fsp3) is 0.786. The Morgan fingerprint density at radius 1 is 0.656 bits per heavy atom. The van der Waals surface area contributed by atoms with Crippen LogP contribution in [0.25, 0.3) is 0 Å². The quantitative estimate of drug-likeness (QED) is 0.388. The Bertz CT molecular complexity index is 532. The zero-order valence-corrected chi connectivity index (χ0v) is 21.2. The summed E-state index contributed by atoms with van der Waals surface area (Å²) in [5.41, 5.74) is 1.57. The van der Waals surface area contributed by atoms with Gasteiger partial charge < -0.3 is 18.9 Å². The minimum Gasteiger partial charge on any atom is -0.384 e. The molecule has 0 N–H and O–H groups in total. The molecule has 4 nitrogen and oxygen atoms in total. The summed E-state index contributed by atoms with van der Waals surface area (Å²) in [7, 11) is 7.17. The lowest BCUT2D eigenvalue weighted by atomic mass is 9.59. The molecule has 0 spiro atoms. The van der Waals surface area contributed by atoms with Crippen LogP contribution in [-0.4, -0.2) is 54.9 Å². The maximum absolute atomic E-state index is 5.69. The van der Waals surface area contributed by atoms with Gasteiger partial charge in [0.25, 0.3) is 0 Å². The normalized spacial score (nSPS) is 18.4. The van der Waals surface area contributed by atoms with Crippen molar-refractivity contribution in [2.45, 2.75) is 70.1 Å². The van der Waals surface area contributed by atoms with E-state index >= 15 is 0 Å².